The monoisotopic (exact) mass is 350 g/mol. The second-order valence-electron chi connectivity index (χ2n) is 4.39. The van der Waals surface area contributed by atoms with Gasteiger partial charge in [0.05, 0.1) is 4.90 Å². The van der Waals surface area contributed by atoms with Crippen LogP contribution in [0.2, 0.25) is 0 Å². The molecule has 112 valence electrons. The van der Waals surface area contributed by atoms with Crippen LogP contribution in [0.4, 0.5) is 0 Å². The first-order chi connectivity index (χ1) is 10.0. The summed E-state index contributed by atoms with van der Waals surface area (Å²) in [7, 11) is -4.43. The Kier molecular flexibility index (Phi) is 5.76. The van der Waals surface area contributed by atoms with Gasteiger partial charge in [0.15, 0.2) is 17.6 Å². The van der Waals surface area contributed by atoms with E-state index in [0.717, 1.165) is 5.75 Å². The Bertz CT molecular complexity index is 725. The molecule has 6 nitrogen and oxygen atoms in total. The molecule has 1 aromatic carbocycles. The second kappa shape index (κ2) is 7.20. The van der Waals surface area contributed by atoms with Crippen LogP contribution < -0.4 is 43.8 Å². The van der Waals surface area contributed by atoms with Crippen molar-refractivity contribution in [2.24, 2.45) is 0 Å². The molecule has 0 aliphatic carbocycles. The van der Waals surface area contributed by atoms with Crippen molar-refractivity contribution < 1.29 is 56.7 Å². The van der Waals surface area contributed by atoms with Crippen molar-refractivity contribution in [1.29, 1.82) is 0 Å². The first kappa shape index (κ1) is 17.6. The minimum Gasteiger partial charge on any atom is -0.744 e. The summed E-state index contributed by atoms with van der Waals surface area (Å²) < 4.78 is 49.1. The van der Waals surface area contributed by atoms with Gasteiger partial charge >= 0.3 is 29.6 Å². The van der Waals surface area contributed by atoms with Gasteiger partial charge in [-0.2, -0.15) is 0 Å². The van der Waals surface area contributed by atoms with Crippen LogP contribution in [0.3, 0.4) is 0 Å². The molecule has 1 atom stereocenters. The molecule has 9 heteroatoms. The molecule has 0 fully saturated rings. The van der Waals surface area contributed by atoms with Gasteiger partial charge in [0.1, 0.15) is 29.1 Å². The molecule has 1 aliphatic heterocycles. The third kappa shape index (κ3) is 4.15. The Labute approximate surface area is 154 Å². The van der Waals surface area contributed by atoms with E-state index in [2.05, 4.69) is 0 Å². The van der Waals surface area contributed by atoms with Gasteiger partial charge in [-0.05, 0) is 24.3 Å². The fraction of sp³-hybridized carbons (Fsp3) is 0.231. The first-order valence-corrected chi connectivity index (χ1v) is 8.42. The summed E-state index contributed by atoms with van der Waals surface area (Å²) in [6.45, 7) is 0.648. The van der Waals surface area contributed by atoms with Crippen LogP contribution in [0.1, 0.15) is 0 Å². The van der Waals surface area contributed by atoms with Crippen molar-refractivity contribution in [3.05, 3.63) is 35.0 Å². The zero-order valence-corrected chi connectivity index (χ0v) is 15.4. The van der Waals surface area contributed by atoms with Crippen molar-refractivity contribution in [3.63, 3.8) is 0 Å². The molecule has 0 spiro atoms. The summed E-state index contributed by atoms with van der Waals surface area (Å²) in [6, 6.07) is 5.30. The third-order valence-corrected chi connectivity index (χ3v) is 4.41. The van der Waals surface area contributed by atoms with Gasteiger partial charge in [-0.25, -0.2) is 8.42 Å². The van der Waals surface area contributed by atoms with Gasteiger partial charge in [0.25, 0.3) is 0 Å². The van der Waals surface area contributed by atoms with Crippen LogP contribution in [0.25, 0.3) is 0 Å². The Morgan fingerprint density at radius 2 is 1.91 bits per heavy atom. The predicted molar refractivity (Wildman–Crippen MR) is 74.1 cm³/mol. The maximum absolute atomic E-state index is 10.8. The Morgan fingerprint density at radius 1 is 1.23 bits per heavy atom. The van der Waals surface area contributed by atoms with Gasteiger partial charge in [-0.3, -0.25) is 0 Å². The number of fused-ring (bicyclic) bond motifs is 1. The van der Waals surface area contributed by atoms with E-state index in [0.29, 0.717) is 18.1 Å². The zero-order valence-electron chi connectivity index (χ0n) is 11.7. The molecule has 3 rings (SSSR count). The number of ether oxygens (including phenoxy) is 3. The number of hydrogen-bond donors (Lipinski definition) is 0. The Balaban J connectivity index is 0.00000176. The molecular formula is C13H11NaO6S2. The third-order valence-electron chi connectivity index (χ3n) is 2.86. The van der Waals surface area contributed by atoms with Crippen molar-refractivity contribution in [2.45, 2.75) is 11.0 Å². The fourth-order valence-electron chi connectivity index (χ4n) is 1.83. The maximum atomic E-state index is 10.8. The molecule has 1 unspecified atom stereocenters. The van der Waals surface area contributed by atoms with E-state index < -0.39 is 10.1 Å². The van der Waals surface area contributed by atoms with Crippen LogP contribution in [-0.2, 0) is 10.1 Å². The van der Waals surface area contributed by atoms with E-state index in [1.165, 1.54) is 35.6 Å². The quantitative estimate of drug-likeness (QED) is 0.513. The predicted octanol–water partition coefficient (Wildman–Crippen LogP) is -1.12. The van der Waals surface area contributed by atoms with Gasteiger partial charge in [-0.15, -0.1) is 11.3 Å². The van der Waals surface area contributed by atoms with Gasteiger partial charge < -0.3 is 18.8 Å². The summed E-state index contributed by atoms with van der Waals surface area (Å²) in [5.41, 5.74) is 0. The first-order valence-electron chi connectivity index (χ1n) is 6.07. The van der Waals surface area contributed by atoms with Crippen LogP contribution in [0.5, 0.6) is 17.2 Å². The molecule has 1 aromatic heterocycles. The Morgan fingerprint density at radius 3 is 2.59 bits per heavy atom. The fourth-order valence-corrected chi connectivity index (χ4v) is 2.98. The molecule has 0 radical (unpaired) electrons. The molecule has 22 heavy (non-hydrogen) atoms. The van der Waals surface area contributed by atoms with Crippen molar-refractivity contribution in [1.82, 2.24) is 0 Å². The maximum Gasteiger partial charge on any atom is 1.00 e. The molecule has 0 amide bonds. The number of hydrogen-bond acceptors (Lipinski definition) is 7. The summed E-state index contributed by atoms with van der Waals surface area (Å²) >= 11 is 1.50. The van der Waals surface area contributed by atoms with E-state index in [4.69, 9.17) is 14.2 Å². The normalized spacial score (nSPS) is 16.7. The molecule has 0 bridgehead atoms. The van der Waals surface area contributed by atoms with E-state index in [-0.39, 0.29) is 47.2 Å². The molecule has 0 N–H and O–H groups in total. The SMILES string of the molecule is O=S(=O)([O-])c1ccc(OCC2COc3cscc3O2)cc1.[Na+]. The van der Waals surface area contributed by atoms with Crippen molar-refractivity contribution >= 4 is 21.5 Å². The standard InChI is InChI=1S/C13H12O6S2.Na/c14-21(15,16)11-3-1-9(2-4-11)17-5-10-6-18-12-7-20-8-13(12)19-10;/h1-4,7-8,10H,5-6H2,(H,14,15,16);/q;+1/p-1. The van der Waals surface area contributed by atoms with Crippen LogP contribution >= 0.6 is 11.3 Å². The zero-order chi connectivity index (χ0) is 14.9. The van der Waals surface area contributed by atoms with E-state index in [9.17, 15) is 13.0 Å². The van der Waals surface area contributed by atoms with E-state index >= 15 is 0 Å². The van der Waals surface area contributed by atoms with Crippen molar-refractivity contribution in [2.75, 3.05) is 13.2 Å². The van der Waals surface area contributed by atoms with Gasteiger partial charge in [-0.1, -0.05) is 0 Å². The molecule has 2 aromatic rings. The van der Waals surface area contributed by atoms with E-state index in [1.54, 1.807) is 0 Å². The number of rotatable bonds is 4. The average Bonchev–Trinajstić information content (AvgIpc) is 2.92. The summed E-state index contributed by atoms with van der Waals surface area (Å²) in [5, 5.41) is 3.73. The summed E-state index contributed by atoms with van der Waals surface area (Å²) in [5.74, 6) is 1.90. The molecule has 0 saturated carbocycles. The van der Waals surface area contributed by atoms with Crippen molar-refractivity contribution in [3.8, 4) is 17.2 Å². The van der Waals surface area contributed by atoms with Crippen LogP contribution in [0, 0.1) is 0 Å². The summed E-state index contributed by atoms with van der Waals surface area (Å²) in [4.78, 5) is -0.282. The average molecular weight is 350 g/mol. The Hall–Kier alpha value is -0.770. The summed E-state index contributed by atoms with van der Waals surface area (Å²) in [6.07, 6.45) is -0.241. The van der Waals surface area contributed by atoms with Crippen LogP contribution in [0.15, 0.2) is 39.9 Å². The number of thiophene rings is 1. The second-order valence-corrected chi connectivity index (χ2v) is 6.51. The largest absolute Gasteiger partial charge is 1.00 e. The van der Waals surface area contributed by atoms with Crippen LogP contribution in [-0.4, -0.2) is 32.3 Å². The molecule has 1 aliphatic rings. The molecular weight excluding hydrogens is 339 g/mol. The molecule has 2 heterocycles. The van der Waals surface area contributed by atoms with Gasteiger partial charge in [0, 0.05) is 10.8 Å². The van der Waals surface area contributed by atoms with E-state index in [1.807, 2.05) is 10.8 Å². The smallest absolute Gasteiger partial charge is 0.744 e. The number of benzene rings is 1. The molecule has 0 saturated heterocycles. The minimum atomic E-state index is -4.43. The minimum absolute atomic E-state index is 0. The van der Waals surface area contributed by atoms with Gasteiger partial charge in [0.2, 0.25) is 0 Å². The topological polar surface area (TPSA) is 84.9 Å².